The van der Waals surface area contributed by atoms with Crippen molar-refractivity contribution in [3.8, 4) is 0 Å². The molecule has 0 aliphatic heterocycles. The second-order valence-electron chi connectivity index (χ2n) is 6.37. The van der Waals surface area contributed by atoms with Crippen molar-refractivity contribution in [1.82, 2.24) is 4.31 Å². The highest BCUT2D eigenvalue weighted by molar-refractivity contribution is 7.89. The molecule has 144 valence electrons. The largest absolute Gasteiger partial charge is 0.326 e. The maximum atomic E-state index is 12.6. The van der Waals surface area contributed by atoms with Crippen molar-refractivity contribution in [2.75, 3.05) is 18.9 Å². The molecule has 1 N–H and O–H groups in total. The summed E-state index contributed by atoms with van der Waals surface area (Å²) in [6.45, 7) is 3.56. The molecule has 7 heteroatoms. The number of anilines is 1. The van der Waals surface area contributed by atoms with E-state index in [-0.39, 0.29) is 29.6 Å². The van der Waals surface area contributed by atoms with Crippen LogP contribution in [0.3, 0.4) is 0 Å². The van der Waals surface area contributed by atoms with Crippen LogP contribution >= 0.6 is 0 Å². The van der Waals surface area contributed by atoms with Gasteiger partial charge in [-0.3, -0.25) is 9.59 Å². The molecule has 1 amide bonds. The first kappa shape index (κ1) is 20.8. The van der Waals surface area contributed by atoms with Gasteiger partial charge in [-0.25, -0.2) is 12.7 Å². The molecule has 0 saturated heterocycles. The zero-order valence-electron chi connectivity index (χ0n) is 15.7. The van der Waals surface area contributed by atoms with E-state index in [9.17, 15) is 18.0 Å². The summed E-state index contributed by atoms with van der Waals surface area (Å²) >= 11 is 0. The van der Waals surface area contributed by atoms with Crippen molar-refractivity contribution >= 4 is 27.4 Å². The molecule has 2 aromatic rings. The fraction of sp³-hybridized carbons (Fsp3) is 0.300. The molecule has 0 radical (unpaired) electrons. The third kappa shape index (κ3) is 5.48. The molecule has 0 atom stereocenters. The molecule has 2 aromatic carbocycles. The second kappa shape index (κ2) is 8.92. The molecule has 0 aromatic heterocycles. The van der Waals surface area contributed by atoms with Crippen LogP contribution in [0.2, 0.25) is 0 Å². The number of benzene rings is 2. The van der Waals surface area contributed by atoms with Crippen molar-refractivity contribution in [3.05, 3.63) is 59.7 Å². The Bertz CT molecular complexity index is 921. The van der Waals surface area contributed by atoms with Crippen LogP contribution in [0.25, 0.3) is 0 Å². The van der Waals surface area contributed by atoms with Crippen molar-refractivity contribution < 1.29 is 18.0 Å². The summed E-state index contributed by atoms with van der Waals surface area (Å²) in [5.41, 5.74) is 2.19. The van der Waals surface area contributed by atoms with Crippen molar-refractivity contribution in [2.24, 2.45) is 0 Å². The summed E-state index contributed by atoms with van der Waals surface area (Å²) < 4.78 is 26.3. The summed E-state index contributed by atoms with van der Waals surface area (Å²) in [5.74, 6) is -0.270. The van der Waals surface area contributed by atoms with Crippen LogP contribution in [-0.4, -0.2) is 38.0 Å². The number of Topliss-reactive ketones (excluding diaryl/α,β-unsaturated/α-hetero) is 1. The van der Waals surface area contributed by atoms with Crippen LogP contribution in [-0.2, 0) is 14.8 Å². The fourth-order valence-electron chi connectivity index (χ4n) is 2.55. The van der Waals surface area contributed by atoms with Gasteiger partial charge in [0.05, 0.1) is 4.90 Å². The lowest BCUT2D eigenvalue weighted by Crippen LogP contribution is -2.28. The predicted molar refractivity (Wildman–Crippen MR) is 105 cm³/mol. The molecule has 2 rings (SSSR count). The molecule has 0 bridgehead atoms. The number of aryl methyl sites for hydroxylation is 1. The zero-order valence-corrected chi connectivity index (χ0v) is 16.5. The predicted octanol–water partition coefficient (Wildman–Crippen LogP) is 3.24. The first-order valence-electron chi connectivity index (χ1n) is 8.64. The Balaban J connectivity index is 1.90. The Kier molecular flexibility index (Phi) is 6.87. The van der Waals surface area contributed by atoms with Gasteiger partial charge in [0.2, 0.25) is 15.9 Å². The highest BCUT2D eigenvalue weighted by atomic mass is 32.2. The molecule has 0 aliphatic rings. The number of hydrogen-bond acceptors (Lipinski definition) is 4. The van der Waals surface area contributed by atoms with Crippen LogP contribution in [0, 0.1) is 6.92 Å². The summed E-state index contributed by atoms with van der Waals surface area (Å²) in [6.07, 6.45) is 0.621. The quantitative estimate of drug-likeness (QED) is 0.704. The molecule has 0 spiro atoms. The monoisotopic (exact) mass is 388 g/mol. The van der Waals surface area contributed by atoms with Crippen LogP contribution in [0.1, 0.15) is 35.7 Å². The number of carbonyl (C=O) groups excluding carboxylic acids is 2. The van der Waals surface area contributed by atoms with Gasteiger partial charge in [0.15, 0.2) is 5.78 Å². The number of ketones is 1. The van der Waals surface area contributed by atoms with Crippen molar-refractivity contribution in [2.45, 2.75) is 31.6 Å². The van der Waals surface area contributed by atoms with E-state index >= 15 is 0 Å². The molecule has 0 saturated carbocycles. The maximum Gasteiger partial charge on any atom is 0.242 e. The highest BCUT2D eigenvalue weighted by Crippen LogP contribution is 2.17. The number of sulfonamides is 1. The lowest BCUT2D eigenvalue weighted by Gasteiger charge is -2.17. The number of nitrogens with one attached hydrogen (secondary N) is 1. The van der Waals surface area contributed by atoms with Crippen LogP contribution < -0.4 is 5.32 Å². The van der Waals surface area contributed by atoms with Gasteiger partial charge in [0.1, 0.15) is 0 Å². The summed E-state index contributed by atoms with van der Waals surface area (Å²) in [7, 11) is -2.18. The minimum atomic E-state index is -3.65. The Morgan fingerprint density at radius 3 is 2.26 bits per heavy atom. The normalized spacial score (nSPS) is 11.4. The Hall–Kier alpha value is -2.51. The second-order valence-corrected chi connectivity index (χ2v) is 8.42. The standard InChI is InChI=1S/C20H24N2O4S/c1-15-7-4-5-8-19(15)21-20(24)9-6-14-22(3)27(25,26)18-12-10-17(11-13-18)16(2)23/h4-5,7-8,10-13H,6,9,14H2,1-3H3,(H,21,24). The van der Waals surface area contributed by atoms with E-state index in [0.29, 0.717) is 12.0 Å². The smallest absolute Gasteiger partial charge is 0.242 e. The fourth-order valence-corrected chi connectivity index (χ4v) is 3.76. The molecular formula is C20H24N2O4S. The van der Waals surface area contributed by atoms with Crippen molar-refractivity contribution in [3.63, 3.8) is 0 Å². The molecular weight excluding hydrogens is 364 g/mol. The Morgan fingerprint density at radius 2 is 1.67 bits per heavy atom. The SMILES string of the molecule is CC(=O)c1ccc(S(=O)(=O)N(C)CCCC(=O)Nc2ccccc2C)cc1. The summed E-state index contributed by atoms with van der Waals surface area (Å²) in [4.78, 5) is 23.5. The molecule has 0 aliphatic carbocycles. The molecule has 27 heavy (non-hydrogen) atoms. The minimum absolute atomic E-state index is 0.119. The van der Waals surface area contributed by atoms with Gasteiger partial charge in [-0.15, -0.1) is 0 Å². The Morgan fingerprint density at radius 1 is 1.04 bits per heavy atom. The van der Waals surface area contributed by atoms with E-state index in [4.69, 9.17) is 0 Å². The van der Waals surface area contributed by atoms with Gasteiger partial charge in [-0.05, 0) is 44.0 Å². The van der Waals surface area contributed by atoms with Crippen LogP contribution in [0.4, 0.5) is 5.69 Å². The van der Waals surface area contributed by atoms with E-state index in [1.807, 2.05) is 31.2 Å². The van der Waals surface area contributed by atoms with Crippen LogP contribution in [0.5, 0.6) is 0 Å². The Labute approximate surface area is 160 Å². The topological polar surface area (TPSA) is 83.6 Å². The van der Waals surface area contributed by atoms with Gasteiger partial charge in [0, 0.05) is 31.3 Å². The molecule has 0 heterocycles. The van der Waals surface area contributed by atoms with Gasteiger partial charge in [-0.1, -0.05) is 30.3 Å². The van der Waals surface area contributed by atoms with Crippen molar-refractivity contribution in [1.29, 1.82) is 0 Å². The minimum Gasteiger partial charge on any atom is -0.326 e. The van der Waals surface area contributed by atoms with Gasteiger partial charge < -0.3 is 5.32 Å². The third-order valence-corrected chi connectivity index (χ3v) is 6.14. The lowest BCUT2D eigenvalue weighted by atomic mass is 10.2. The number of carbonyl (C=O) groups is 2. The van der Waals surface area contributed by atoms with Crippen LogP contribution in [0.15, 0.2) is 53.4 Å². The van der Waals surface area contributed by atoms with E-state index in [2.05, 4.69) is 5.32 Å². The number of hydrogen-bond donors (Lipinski definition) is 1. The summed E-state index contributed by atoms with van der Waals surface area (Å²) in [5, 5.41) is 2.83. The van der Waals surface area contributed by atoms with E-state index in [1.165, 1.54) is 42.5 Å². The number of rotatable bonds is 8. The van der Waals surface area contributed by atoms with Gasteiger partial charge in [-0.2, -0.15) is 0 Å². The lowest BCUT2D eigenvalue weighted by molar-refractivity contribution is -0.116. The van der Waals surface area contributed by atoms with E-state index in [0.717, 1.165) is 11.3 Å². The average Bonchev–Trinajstić information content (AvgIpc) is 2.63. The molecule has 6 nitrogen and oxygen atoms in total. The highest BCUT2D eigenvalue weighted by Gasteiger charge is 2.20. The number of nitrogens with zero attached hydrogens (tertiary/aromatic N) is 1. The first-order chi connectivity index (χ1) is 12.7. The maximum absolute atomic E-state index is 12.6. The third-order valence-electron chi connectivity index (χ3n) is 4.27. The molecule has 0 fully saturated rings. The zero-order chi connectivity index (χ0) is 20.0. The molecule has 0 unspecified atom stereocenters. The number of amides is 1. The summed E-state index contributed by atoms with van der Waals surface area (Å²) in [6, 6.07) is 13.3. The van der Waals surface area contributed by atoms with Gasteiger partial charge >= 0.3 is 0 Å². The van der Waals surface area contributed by atoms with Gasteiger partial charge in [0.25, 0.3) is 0 Å². The van der Waals surface area contributed by atoms with E-state index < -0.39 is 10.0 Å². The number of para-hydroxylation sites is 1. The van der Waals surface area contributed by atoms with E-state index in [1.54, 1.807) is 0 Å². The average molecular weight is 388 g/mol. The first-order valence-corrected chi connectivity index (χ1v) is 10.1.